The minimum atomic E-state index is -0.152. The monoisotopic (exact) mass is 554 g/mol. The van der Waals surface area contributed by atoms with Crippen molar-refractivity contribution in [1.82, 2.24) is 10.6 Å². The Balaban J connectivity index is 1.18. The van der Waals surface area contributed by atoms with E-state index in [-0.39, 0.29) is 23.9 Å². The average Bonchev–Trinajstić information content (AvgIpc) is 2.84. The number of halogens is 4. The van der Waals surface area contributed by atoms with Gasteiger partial charge in [-0.15, -0.1) is 0 Å². The molecule has 0 aromatic heterocycles. The van der Waals surface area contributed by atoms with Crippen molar-refractivity contribution in [2.45, 2.75) is 69.9 Å². The van der Waals surface area contributed by atoms with Gasteiger partial charge in [0.1, 0.15) is 0 Å². The molecule has 8 heteroatoms. The van der Waals surface area contributed by atoms with Crippen molar-refractivity contribution in [2.75, 3.05) is 0 Å². The van der Waals surface area contributed by atoms with Crippen LogP contribution >= 0.6 is 46.4 Å². The Morgan fingerprint density at radius 3 is 1.37 bits per heavy atom. The van der Waals surface area contributed by atoms with Gasteiger partial charge in [0.15, 0.2) is 0 Å². The summed E-state index contributed by atoms with van der Waals surface area (Å²) in [5, 5.41) is 8.11. The minimum absolute atomic E-state index is 0.152. The van der Waals surface area contributed by atoms with Gasteiger partial charge in [0.25, 0.3) is 11.8 Å². The molecule has 2 aromatic carbocycles. The summed E-state index contributed by atoms with van der Waals surface area (Å²) in [6.45, 7) is 0. The summed E-state index contributed by atoms with van der Waals surface area (Å²) in [7, 11) is 0. The highest BCUT2D eigenvalue weighted by Gasteiger charge is 2.28. The quantitative estimate of drug-likeness (QED) is 0.379. The molecular weight excluding hydrogens is 526 g/mol. The summed E-state index contributed by atoms with van der Waals surface area (Å²) in [6, 6.07) is 10.3. The lowest BCUT2D eigenvalue weighted by atomic mass is 9.75. The van der Waals surface area contributed by atoms with Gasteiger partial charge in [-0.2, -0.15) is 0 Å². The van der Waals surface area contributed by atoms with Crippen molar-refractivity contribution in [1.29, 1.82) is 0 Å². The average molecular weight is 556 g/mol. The number of amides is 2. The van der Waals surface area contributed by atoms with E-state index in [1.54, 1.807) is 36.4 Å². The van der Waals surface area contributed by atoms with Crippen LogP contribution in [0.2, 0.25) is 20.1 Å². The zero-order valence-corrected chi connectivity index (χ0v) is 22.5. The highest BCUT2D eigenvalue weighted by Crippen LogP contribution is 2.36. The lowest BCUT2D eigenvalue weighted by molar-refractivity contribution is 0.0918. The van der Waals surface area contributed by atoms with Gasteiger partial charge < -0.3 is 10.6 Å². The molecule has 4 rings (SSSR count). The predicted molar refractivity (Wildman–Crippen MR) is 144 cm³/mol. The zero-order chi connectivity index (χ0) is 24.9. The van der Waals surface area contributed by atoms with Crippen LogP contribution in [0.5, 0.6) is 0 Å². The summed E-state index contributed by atoms with van der Waals surface area (Å²) in [5.74, 6) is 1.08. The normalized spacial score (nSPS) is 24.6. The van der Waals surface area contributed by atoms with Crippen LogP contribution in [0.15, 0.2) is 36.4 Å². The molecule has 2 saturated carbocycles. The fraction of sp³-hybridized carbons (Fsp3) is 0.481. The molecular formula is C27H30Cl4N2O2. The van der Waals surface area contributed by atoms with Crippen LogP contribution in [0.4, 0.5) is 0 Å². The molecule has 188 valence electrons. The van der Waals surface area contributed by atoms with E-state index < -0.39 is 0 Å². The van der Waals surface area contributed by atoms with Gasteiger partial charge in [-0.05, 0) is 106 Å². The Morgan fingerprint density at radius 1 is 0.629 bits per heavy atom. The molecule has 0 radical (unpaired) electrons. The fourth-order valence-corrected chi connectivity index (χ4v) is 6.18. The van der Waals surface area contributed by atoms with Gasteiger partial charge in [0.2, 0.25) is 0 Å². The SMILES string of the molecule is O=C(NC1CCC(CC2CCC(NC(=O)c3cc(Cl)ccc3Cl)CC2)CC1)c1cc(Cl)ccc1Cl. The Hall–Kier alpha value is -1.46. The number of carbonyl (C=O) groups excluding carboxylic acids is 2. The number of rotatable bonds is 6. The molecule has 0 unspecified atom stereocenters. The molecule has 35 heavy (non-hydrogen) atoms. The molecule has 0 spiro atoms. The fourth-order valence-electron chi connectivity index (χ4n) is 5.43. The van der Waals surface area contributed by atoms with Crippen molar-refractivity contribution in [3.8, 4) is 0 Å². The van der Waals surface area contributed by atoms with E-state index in [1.165, 1.54) is 6.42 Å². The highest BCUT2D eigenvalue weighted by molar-refractivity contribution is 6.36. The first-order valence-corrected chi connectivity index (χ1v) is 13.8. The number of benzene rings is 2. The second-order valence-corrected chi connectivity index (χ2v) is 11.6. The predicted octanol–water partition coefficient (Wildman–Crippen LogP) is 7.97. The number of carbonyl (C=O) groups is 2. The first-order valence-electron chi connectivity index (χ1n) is 12.3. The molecule has 4 nitrogen and oxygen atoms in total. The molecule has 0 aliphatic heterocycles. The van der Waals surface area contributed by atoms with Gasteiger partial charge in [-0.1, -0.05) is 46.4 Å². The standard InChI is InChI=1S/C27H30Cl4N2O2/c28-18-5-11-24(30)22(14-18)26(34)32-20-7-1-16(2-8-20)13-17-3-9-21(10-4-17)33-27(35)23-15-19(29)6-12-25(23)31/h5-6,11-12,14-17,20-21H,1-4,7-10,13H2,(H,32,34)(H,33,35). The van der Waals surface area contributed by atoms with E-state index in [9.17, 15) is 9.59 Å². The molecule has 2 aliphatic rings. The Bertz CT molecular complexity index is 978. The van der Waals surface area contributed by atoms with Crippen molar-refractivity contribution in [2.24, 2.45) is 11.8 Å². The molecule has 2 N–H and O–H groups in total. The van der Waals surface area contributed by atoms with Crippen molar-refractivity contribution >= 4 is 58.2 Å². The summed E-state index contributed by atoms with van der Waals surface area (Å²) in [6.07, 6.45) is 9.66. The van der Waals surface area contributed by atoms with Gasteiger partial charge in [0, 0.05) is 22.1 Å². The molecule has 2 amide bonds. The summed E-state index contributed by atoms with van der Waals surface area (Å²) >= 11 is 24.4. The van der Waals surface area contributed by atoms with E-state index in [0.29, 0.717) is 43.1 Å². The van der Waals surface area contributed by atoms with Gasteiger partial charge >= 0.3 is 0 Å². The highest BCUT2D eigenvalue weighted by atomic mass is 35.5. The summed E-state index contributed by atoms with van der Waals surface area (Å²) in [5.41, 5.74) is 0.866. The van der Waals surface area contributed by atoms with Crippen molar-refractivity contribution < 1.29 is 9.59 Å². The first-order chi connectivity index (χ1) is 16.8. The topological polar surface area (TPSA) is 58.2 Å². The first kappa shape index (κ1) is 26.6. The summed E-state index contributed by atoms with van der Waals surface area (Å²) in [4.78, 5) is 25.2. The Kier molecular flexibility index (Phi) is 9.26. The number of nitrogens with one attached hydrogen (secondary N) is 2. The molecule has 2 fully saturated rings. The Morgan fingerprint density at radius 2 is 1.00 bits per heavy atom. The molecule has 0 heterocycles. The van der Waals surface area contributed by atoms with Crippen LogP contribution in [0.3, 0.4) is 0 Å². The van der Waals surface area contributed by atoms with Crippen LogP contribution in [-0.4, -0.2) is 23.9 Å². The van der Waals surface area contributed by atoms with E-state index in [1.807, 2.05) is 0 Å². The van der Waals surface area contributed by atoms with E-state index in [0.717, 1.165) is 51.4 Å². The molecule has 0 atom stereocenters. The smallest absolute Gasteiger partial charge is 0.253 e. The summed E-state index contributed by atoms with van der Waals surface area (Å²) < 4.78 is 0. The minimum Gasteiger partial charge on any atom is -0.349 e. The third-order valence-electron chi connectivity index (χ3n) is 7.38. The molecule has 0 bridgehead atoms. The lowest BCUT2D eigenvalue weighted by Gasteiger charge is -2.34. The molecule has 2 aliphatic carbocycles. The van der Waals surface area contributed by atoms with Gasteiger partial charge in [0.05, 0.1) is 21.2 Å². The largest absolute Gasteiger partial charge is 0.349 e. The molecule has 2 aromatic rings. The maximum Gasteiger partial charge on any atom is 0.253 e. The number of hydrogen-bond acceptors (Lipinski definition) is 2. The lowest BCUT2D eigenvalue weighted by Crippen LogP contribution is -2.39. The van der Waals surface area contributed by atoms with E-state index in [2.05, 4.69) is 10.6 Å². The Labute approximate surface area is 227 Å². The van der Waals surface area contributed by atoms with Crippen LogP contribution in [-0.2, 0) is 0 Å². The second kappa shape index (κ2) is 12.2. The van der Waals surface area contributed by atoms with E-state index >= 15 is 0 Å². The molecule has 0 saturated heterocycles. The van der Waals surface area contributed by atoms with Crippen LogP contribution in [0, 0.1) is 11.8 Å². The van der Waals surface area contributed by atoms with Gasteiger partial charge in [-0.3, -0.25) is 9.59 Å². The van der Waals surface area contributed by atoms with Crippen LogP contribution in [0.1, 0.15) is 78.5 Å². The number of hydrogen-bond donors (Lipinski definition) is 2. The maximum absolute atomic E-state index is 12.6. The zero-order valence-electron chi connectivity index (χ0n) is 19.5. The third-order valence-corrected chi connectivity index (χ3v) is 8.51. The van der Waals surface area contributed by atoms with Gasteiger partial charge in [-0.25, -0.2) is 0 Å². The van der Waals surface area contributed by atoms with E-state index in [4.69, 9.17) is 46.4 Å². The van der Waals surface area contributed by atoms with Crippen molar-refractivity contribution in [3.05, 3.63) is 67.6 Å². The van der Waals surface area contributed by atoms with Crippen LogP contribution < -0.4 is 10.6 Å². The third kappa shape index (κ3) is 7.29. The van der Waals surface area contributed by atoms with Crippen LogP contribution in [0.25, 0.3) is 0 Å². The maximum atomic E-state index is 12.6. The van der Waals surface area contributed by atoms with Crippen molar-refractivity contribution in [3.63, 3.8) is 0 Å². The second-order valence-electron chi connectivity index (χ2n) is 9.87.